The Labute approximate surface area is 214 Å². The molecule has 5 rings (SSSR count). The third-order valence-electron chi connectivity index (χ3n) is 6.43. The van der Waals surface area contributed by atoms with Gasteiger partial charge in [-0.25, -0.2) is 4.68 Å². The lowest BCUT2D eigenvalue weighted by Gasteiger charge is -2.13. The molecule has 0 fully saturated rings. The van der Waals surface area contributed by atoms with E-state index in [9.17, 15) is 0 Å². The lowest BCUT2D eigenvalue weighted by Crippen LogP contribution is -1.98. The highest BCUT2D eigenvalue weighted by Gasteiger charge is 2.22. The summed E-state index contributed by atoms with van der Waals surface area (Å²) in [6, 6.07) is 19.6. The van der Waals surface area contributed by atoms with Gasteiger partial charge in [-0.2, -0.15) is 5.10 Å². The van der Waals surface area contributed by atoms with Gasteiger partial charge in [-0.15, -0.1) is 0 Å². The van der Waals surface area contributed by atoms with E-state index in [0.29, 0.717) is 28.7 Å². The highest BCUT2D eigenvalue weighted by Crippen LogP contribution is 2.45. The molecule has 0 N–H and O–H groups in total. The second-order valence-electron chi connectivity index (χ2n) is 8.23. The molecule has 5 aromatic rings. The van der Waals surface area contributed by atoms with Gasteiger partial charge in [0.15, 0.2) is 23.0 Å². The molecule has 0 spiro atoms. The zero-order valence-corrected chi connectivity index (χ0v) is 21.6. The number of benzene rings is 4. The van der Waals surface area contributed by atoms with Crippen LogP contribution in [0.2, 0.25) is 0 Å². The van der Waals surface area contributed by atoms with Crippen molar-refractivity contribution in [1.29, 1.82) is 0 Å². The Hall–Kier alpha value is -4.59. The Kier molecular flexibility index (Phi) is 6.40. The number of fused-ring (bicyclic) bond motifs is 3. The summed E-state index contributed by atoms with van der Waals surface area (Å²) in [5.74, 6) is 3.72. The van der Waals surface area contributed by atoms with Crippen LogP contribution in [0, 0.1) is 0 Å². The Morgan fingerprint density at radius 3 is 1.70 bits per heavy atom. The van der Waals surface area contributed by atoms with Crippen LogP contribution in [0.1, 0.15) is 0 Å². The highest BCUT2D eigenvalue weighted by atomic mass is 16.5. The molecule has 37 heavy (non-hydrogen) atoms. The van der Waals surface area contributed by atoms with E-state index in [0.717, 1.165) is 44.4 Å². The van der Waals surface area contributed by atoms with Crippen LogP contribution in [-0.4, -0.2) is 52.4 Å². The van der Waals surface area contributed by atoms with Crippen molar-refractivity contribution in [3.63, 3.8) is 0 Å². The van der Waals surface area contributed by atoms with Crippen LogP contribution < -0.4 is 28.4 Å². The van der Waals surface area contributed by atoms with Gasteiger partial charge in [-0.3, -0.25) is 0 Å². The Morgan fingerprint density at radius 1 is 0.541 bits per heavy atom. The van der Waals surface area contributed by atoms with Gasteiger partial charge in [0.2, 0.25) is 5.75 Å². The second kappa shape index (κ2) is 9.81. The SMILES string of the molecule is COc1ccc(-n2nc(-c3cc(OC)c(OC)c(OC)c3)c3ccc4c(OC)c(OC)ccc4c32)cc1. The number of hydrogen-bond acceptors (Lipinski definition) is 7. The molecule has 1 aromatic heterocycles. The molecule has 0 aliphatic rings. The van der Waals surface area contributed by atoms with Gasteiger partial charge < -0.3 is 28.4 Å². The molecule has 0 bridgehead atoms. The summed E-state index contributed by atoms with van der Waals surface area (Å²) in [5.41, 5.74) is 3.40. The van der Waals surface area contributed by atoms with Crippen molar-refractivity contribution < 1.29 is 28.4 Å². The van der Waals surface area contributed by atoms with Gasteiger partial charge in [0.1, 0.15) is 11.4 Å². The van der Waals surface area contributed by atoms with Crippen molar-refractivity contribution in [1.82, 2.24) is 9.78 Å². The van der Waals surface area contributed by atoms with Gasteiger partial charge in [0.05, 0.1) is 53.9 Å². The summed E-state index contributed by atoms with van der Waals surface area (Å²) < 4.78 is 35.3. The predicted molar refractivity (Wildman–Crippen MR) is 143 cm³/mol. The summed E-state index contributed by atoms with van der Waals surface area (Å²) in [6.07, 6.45) is 0. The van der Waals surface area contributed by atoms with E-state index in [1.807, 2.05) is 65.3 Å². The Bertz CT molecular complexity index is 1570. The van der Waals surface area contributed by atoms with Crippen LogP contribution in [-0.2, 0) is 0 Å². The van der Waals surface area contributed by atoms with Crippen LogP contribution in [0.4, 0.5) is 0 Å². The van der Waals surface area contributed by atoms with E-state index in [1.165, 1.54) is 0 Å². The van der Waals surface area contributed by atoms with E-state index in [1.54, 1.807) is 42.7 Å². The summed E-state index contributed by atoms with van der Waals surface area (Å²) in [5, 5.41) is 7.93. The Balaban J connectivity index is 1.87. The first-order valence-electron chi connectivity index (χ1n) is 11.6. The molecule has 8 nitrogen and oxygen atoms in total. The molecular weight excluding hydrogens is 472 g/mol. The van der Waals surface area contributed by atoms with E-state index in [4.69, 9.17) is 33.5 Å². The number of nitrogens with zero attached hydrogens (tertiary/aromatic N) is 2. The minimum atomic E-state index is 0.523. The molecule has 8 heteroatoms. The van der Waals surface area contributed by atoms with Gasteiger partial charge in [-0.05, 0) is 60.7 Å². The van der Waals surface area contributed by atoms with Crippen molar-refractivity contribution in [3.05, 3.63) is 60.7 Å². The van der Waals surface area contributed by atoms with Crippen molar-refractivity contribution in [3.8, 4) is 51.4 Å². The largest absolute Gasteiger partial charge is 0.497 e. The predicted octanol–water partition coefficient (Wildman–Crippen LogP) is 5.90. The third kappa shape index (κ3) is 3.91. The maximum Gasteiger partial charge on any atom is 0.203 e. The zero-order chi connectivity index (χ0) is 26.1. The molecule has 0 aliphatic carbocycles. The van der Waals surface area contributed by atoms with Crippen LogP contribution in [0.3, 0.4) is 0 Å². The van der Waals surface area contributed by atoms with Crippen LogP contribution in [0.5, 0.6) is 34.5 Å². The molecule has 0 amide bonds. The number of rotatable bonds is 8. The standard InChI is InChI=1S/C29H28N2O6/c1-32-19-9-7-18(8-10-19)31-27-20-13-14-23(33-2)28(36-5)21(20)11-12-22(27)26(30-31)17-15-24(34-3)29(37-6)25(16-17)35-4/h7-16H,1-6H3. The fourth-order valence-corrected chi connectivity index (χ4v) is 4.68. The number of methoxy groups -OCH3 is 6. The first kappa shape index (κ1) is 24.1. The lowest BCUT2D eigenvalue weighted by atomic mass is 10.0. The average Bonchev–Trinajstić information content (AvgIpc) is 3.35. The molecule has 0 radical (unpaired) electrons. The molecule has 0 unspecified atom stereocenters. The van der Waals surface area contributed by atoms with Crippen molar-refractivity contribution in [2.45, 2.75) is 0 Å². The molecule has 0 atom stereocenters. The lowest BCUT2D eigenvalue weighted by molar-refractivity contribution is 0.324. The summed E-state index contributed by atoms with van der Waals surface area (Å²) in [4.78, 5) is 0. The molecule has 0 saturated carbocycles. The average molecular weight is 501 g/mol. The maximum atomic E-state index is 5.73. The van der Waals surface area contributed by atoms with Crippen LogP contribution in [0.25, 0.3) is 38.6 Å². The topological polar surface area (TPSA) is 73.2 Å². The normalized spacial score (nSPS) is 11.0. The zero-order valence-electron chi connectivity index (χ0n) is 21.6. The fraction of sp³-hybridized carbons (Fsp3) is 0.207. The smallest absolute Gasteiger partial charge is 0.203 e. The number of aromatic nitrogens is 2. The van der Waals surface area contributed by atoms with Crippen LogP contribution >= 0.6 is 0 Å². The molecule has 0 saturated heterocycles. The molecule has 0 aliphatic heterocycles. The maximum absolute atomic E-state index is 5.73. The van der Waals surface area contributed by atoms with Crippen LogP contribution in [0.15, 0.2) is 60.7 Å². The highest BCUT2D eigenvalue weighted by molar-refractivity contribution is 6.12. The minimum absolute atomic E-state index is 0.523. The molecular formula is C29H28N2O6. The summed E-state index contributed by atoms with van der Waals surface area (Å²) in [6.45, 7) is 0. The minimum Gasteiger partial charge on any atom is -0.497 e. The van der Waals surface area contributed by atoms with Crippen molar-refractivity contribution >= 4 is 21.7 Å². The number of ether oxygens (including phenoxy) is 6. The van der Waals surface area contributed by atoms with Gasteiger partial charge >= 0.3 is 0 Å². The van der Waals surface area contributed by atoms with E-state index in [2.05, 4.69) is 0 Å². The first-order chi connectivity index (χ1) is 18.1. The molecule has 1 heterocycles. The first-order valence-corrected chi connectivity index (χ1v) is 11.6. The van der Waals surface area contributed by atoms with Crippen molar-refractivity contribution in [2.24, 2.45) is 0 Å². The Morgan fingerprint density at radius 2 is 1.14 bits per heavy atom. The molecule has 4 aromatic carbocycles. The van der Waals surface area contributed by atoms with E-state index >= 15 is 0 Å². The van der Waals surface area contributed by atoms with E-state index in [-0.39, 0.29) is 0 Å². The van der Waals surface area contributed by atoms with Gasteiger partial charge in [-0.1, -0.05) is 0 Å². The van der Waals surface area contributed by atoms with E-state index < -0.39 is 0 Å². The van der Waals surface area contributed by atoms with Gasteiger partial charge in [0, 0.05) is 21.7 Å². The van der Waals surface area contributed by atoms with Crippen molar-refractivity contribution in [2.75, 3.05) is 42.7 Å². The quantitative estimate of drug-likeness (QED) is 0.263. The third-order valence-corrected chi connectivity index (χ3v) is 6.43. The monoisotopic (exact) mass is 500 g/mol. The number of hydrogen-bond donors (Lipinski definition) is 0. The summed E-state index contributed by atoms with van der Waals surface area (Å²) in [7, 11) is 9.70. The second-order valence-corrected chi connectivity index (χ2v) is 8.23. The fourth-order valence-electron chi connectivity index (χ4n) is 4.68. The molecule has 190 valence electrons. The van der Waals surface area contributed by atoms with Gasteiger partial charge in [0.25, 0.3) is 0 Å². The summed E-state index contributed by atoms with van der Waals surface area (Å²) >= 11 is 0.